The zero-order valence-corrected chi connectivity index (χ0v) is 12.0. The number of nitro benzene ring substituents is 1. The number of carbonyl (C=O) groups excluding carboxylic acids is 2. The predicted molar refractivity (Wildman–Crippen MR) is 77.6 cm³/mol. The molecule has 1 saturated heterocycles. The fourth-order valence-electron chi connectivity index (χ4n) is 2.44. The van der Waals surface area contributed by atoms with Crippen molar-refractivity contribution in [3.05, 3.63) is 33.9 Å². The molecule has 7 nitrogen and oxygen atoms in total. The highest BCUT2D eigenvalue weighted by Crippen LogP contribution is 2.26. The molecule has 0 saturated carbocycles. The van der Waals surface area contributed by atoms with Gasteiger partial charge < -0.3 is 9.80 Å². The Hall–Kier alpha value is -2.44. The summed E-state index contributed by atoms with van der Waals surface area (Å²) < 4.78 is 0. The van der Waals surface area contributed by atoms with Gasteiger partial charge in [-0.05, 0) is 19.1 Å². The Kier molecular flexibility index (Phi) is 4.21. The first kappa shape index (κ1) is 15.0. The first-order valence-corrected chi connectivity index (χ1v) is 6.70. The molecule has 7 heteroatoms. The molecule has 21 heavy (non-hydrogen) atoms. The van der Waals surface area contributed by atoms with E-state index in [4.69, 9.17) is 0 Å². The molecule has 0 bridgehead atoms. The topological polar surface area (TPSA) is 83.8 Å². The van der Waals surface area contributed by atoms with Gasteiger partial charge in [-0.3, -0.25) is 19.7 Å². The van der Waals surface area contributed by atoms with Crippen LogP contribution in [0.25, 0.3) is 0 Å². The van der Waals surface area contributed by atoms with Gasteiger partial charge in [0.2, 0.25) is 5.91 Å². The van der Waals surface area contributed by atoms with Gasteiger partial charge in [0.15, 0.2) is 5.78 Å². The molecule has 0 aromatic heterocycles. The molecular formula is C14H17N3O4. The summed E-state index contributed by atoms with van der Waals surface area (Å²) in [5, 5.41) is 10.9. The number of benzene rings is 1. The number of ketones is 1. The summed E-state index contributed by atoms with van der Waals surface area (Å²) in [7, 11) is 0. The van der Waals surface area contributed by atoms with Gasteiger partial charge >= 0.3 is 0 Å². The van der Waals surface area contributed by atoms with Crippen LogP contribution in [0, 0.1) is 10.1 Å². The molecule has 0 radical (unpaired) electrons. The molecule has 0 atom stereocenters. The predicted octanol–water partition coefficient (Wildman–Crippen LogP) is 1.47. The van der Waals surface area contributed by atoms with Crippen LogP contribution in [-0.2, 0) is 4.79 Å². The maximum atomic E-state index is 11.6. The summed E-state index contributed by atoms with van der Waals surface area (Å²) in [5.74, 6) is -0.284. The third kappa shape index (κ3) is 3.18. The molecule has 1 amide bonds. The van der Waals surface area contributed by atoms with Crippen molar-refractivity contribution in [3.63, 3.8) is 0 Å². The van der Waals surface area contributed by atoms with Crippen molar-refractivity contribution in [2.24, 2.45) is 0 Å². The average Bonchev–Trinajstić information content (AvgIpc) is 2.46. The Bertz CT molecular complexity index is 592. The maximum Gasteiger partial charge on any atom is 0.280 e. The highest BCUT2D eigenvalue weighted by atomic mass is 16.6. The van der Waals surface area contributed by atoms with Gasteiger partial charge in [0.25, 0.3) is 5.69 Å². The number of anilines is 1. The van der Waals surface area contributed by atoms with Crippen molar-refractivity contribution in [2.45, 2.75) is 13.8 Å². The highest BCUT2D eigenvalue weighted by molar-refractivity contribution is 5.99. The lowest BCUT2D eigenvalue weighted by Gasteiger charge is -2.35. The van der Waals surface area contributed by atoms with Crippen LogP contribution in [-0.4, -0.2) is 47.7 Å². The van der Waals surface area contributed by atoms with E-state index in [1.54, 1.807) is 17.0 Å². The minimum Gasteiger partial charge on any atom is -0.368 e. The molecule has 1 aromatic carbocycles. The Balaban J connectivity index is 2.22. The van der Waals surface area contributed by atoms with Crippen molar-refractivity contribution in [1.29, 1.82) is 0 Å². The van der Waals surface area contributed by atoms with Crippen molar-refractivity contribution >= 4 is 23.1 Å². The number of carbonyl (C=O) groups is 2. The van der Waals surface area contributed by atoms with Crippen molar-refractivity contribution < 1.29 is 14.5 Å². The highest BCUT2D eigenvalue weighted by Gasteiger charge is 2.22. The summed E-state index contributed by atoms with van der Waals surface area (Å²) in [6, 6.07) is 4.57. The molecule has 1 aliphatic heterocycles. The molecule has 1 aromatic rings. The van der Waals surface area contributed by atoms with E-state index < -0.39 is 4.92 Å². The van der Waals surface area contributed by atoms with Crippen molar-refractivity contribution in [3.8, 4) is 0 Å². The van der Waals surface area contributed by atoms with E-state index in [1.807, 2.05) is 4.90 Å². The number of Topliss-reactive ketones (excluding diaryl/α,β-unsaturated/α-hetero) is 1. The SMILES string of the molecule is CC(=O)c1cc(N2CCN(C(C)=O)CC2)ccc1[N+](=O)[O-]. The van der Waals surface area contributed by atoms with Gasteiger partial charge in [0.1, 0.15) is 0 Å². The Labute approximate surface area is 122 Å². The summed E-state index contributed by atoms with van der Waals surface area (Å²) in [6.07, 6.45) is 0. The van der Waals surface area contributed by atoms with Crippen molar-refractivity contribution in [2.75, 3.05) is 31.1 Å². The number of nitro groups is 1. The lowest BCUT2D eigenvalue weighted by molar-refractivity contribution is -0.385. The smallest absolute Gasteiger partial charge is 0.280 e. The van der Waals surface area contributed by atoms with E-state index >= 15 is 0 Å². The van der Waals surface area contributed by atoms with Crippen LogP contribution in [0.1, 0.15) is 24.2 Å². The Morgan fingerprint density at radius 1 is 1.14 bits per heavy atom. The molecule has 1 fully saturated rings. The minimum absolute atomic E-state index is 0.0442. The Morgan fingerprint density at radius 3 is 2.24 bits per heavy atom. The van der Waals surface area contributed by atoms with Gasteiger partial charge in [-0.25, -0.2) is 0 Å². The number of hydrogen-bond donors (Lipinski definition) is 0. The van der Waals surface area contributed by atoms with E-state index in [0.717, 1.165) is 5.69 Å². The van der Waals surface area contributed by atoms with Crippen LogP contribution in [0.2, 0.25) is 0 Å². The quantitative estimate of drug-likeness (QED) is 0.478. The number of hydrogen-bond acceptors (Lipinski definition) is 5. The molecule has 2 rings (SSSR count). The second-order valence-electron chi connectivity index (χ2n) is 5.01. The van der Waals surface area contributed by atoms with Crippen LogP contribution in [0.15, 0.2) is 18.2 Å². The van der Waals surface area contributed by atoms with Gasteiger partial charge in [0, 0.05) is 44.9 Å². The third-order valence-electron chi connectivity index (χ3n) is 3.65. The molecule has 1 heterocycles. The van der Waals surface area contributed by atoms with Gasteiger partial charge in [-0.15, -0.1) is 0 Å². The van der Waals surface area contributed by atoms with Gasteiger partial charge in [-0.2, -0.15) is 0 Å². The first-order valence-electron chi connectivity index (χ1n) is 6.70. The second-order valence-corrected chi connectivity index (χ2v) is 5.01. The molecule has 0 unspecified atom stereocenters. The summed E-state index contributed by atoms with van der Waals surface area (Å²) in [5.41, 5.74) is 0.717. The average molecular weight is 291 g/mol. The molecular weight excluding hydrogens is 274 g/mol. The zero-order chi connectivity index (χ0) is 15.6. The number of nitrogens with zero attached hydrogens (tertiary/aromatic N) is 3. The number of rotatable bonds is 3. The maximum absolute atomic E-state index is 11.6. The van der Waals surface area contributed by atoms with E-state index in [2.05, 4.69) is 0 Å². The van der Waals surface area contributed by atoms with E-state index in [-0.39, 0.29) is 22.9 Å². The van der Waals surface area contributed by atoms with E-state index in [9.17, 15) is 19.7 Å². The molecule has 0 aliphatic carbocycles. The van der Waals surface area contributed by atoms with Crippen LogP contribution in [0.4, 0.5) is 11.4 Å². The molecule has 0 N–H and O–H groups in total. The monoisotopic (exact) mass is 291 g/mol. The van der Waals surface area contributed by atoms with Crippen LogP contribution in [0.5, 0.6) is 0 Å². The third-order valence-corrected chi connectivity index (χ3v) is 3.65. The van der Waals surface area contributed by atoms with E-state index in [1.165, 1.54) is 19.9 Å². The largest absolute Gasteiger partial charge is 0.368 e. The number of amides is 1. The number of piperazine rings is 1. The van der Waals surface area contributed by atoms with Crippen LogP contribution < -0.4 is 4.90 Å². The summed E-state index contributed by atoms with van der Waals surface area (Å²) in [6.45, 7) is 5.38. The summed E-state index contributed by atoms with van der Waals surface area (Å²) >= 11 is 0. The van der Waals surface area contributed by atoms with Gasteiger partial charge in [0.05, 0.1) is 10.5 Å². The molecule has 1 aliphatic rings. The van der Waals surface area contributed by atoms with E-state index in [0.29, 0.717) is 26.2 Å². The van der Waals surface area contributed by atoms with Gasteiger partial charge in [-0.1, -0.05) is 0 Å². The van der Waals surface area contributed by atoms with Crippen molar-refractivity contribution in [1.82, 2.24) is 4.90 Å². The lowest BCUT2D eigenvalue weighted by Crippen LogP contribution is -2.48. The normalized spacial score (nSPS) is 15.0. The fourth-order valence-corrected chi connectivity index (χ4v) is 2.44. The minimum atomic E-state index is -0.547. The molecule has 112 valence electrons. The fraction of sp³-hybridized carbons (Fsp3) is 0.429. The zero-order valence-electron chi connectivity index (χ0n) is 12.0. The van der Waals surface area contributed by atoms with Crippen LogP contribution in [0.3, 0.4) is 0 Å². The lowest BCUT2D eigenvalue weighted by atomic mass is 10.1. The first-order chi connectivity index (χ1) is 9.90. The standard InChI is InChI=1S/C14H17N3O4/c1-10(18)13-9-12(3-4-14(13)17(20)21)16-7-5-15(6-8-16)11(2)19/h3-4,9H,5-8H2,1-2H3. The van der Waals surface area contributed by atoms with Crippen LogP contribution >= 0.6 is 0 Å². The summed E-state index contributed by atoms with van der Waals surface area (Å²) in [4.78, 5) is 37.0. The molecule has 0 spiro atoms. The Morgan fingerprint density at radius 2 is 1.76 bits per heavy atom. The second kappa shape index (κ2) is 5.90.